The van der Waals surface area contributed by atoms with Crippen LogP contribution in [0.4, 0.5) is 5.82 Å². The average Bonchev–Trinajstić information content (AvgIpc) is 3.28. The van der Waals surface area contributed by atoms with Crippen molar-refractivity contribution in [3.05, 3.63) is 52.5 Å². The Kier molecular flexibility index (Phi) is 6.10. The predicted molar refractivity (Wildman–Crippen MR) is 128 cm³/mol. The Morgan fingerprint density at radius 3 is 2.73 bits per heavy atom. The molecule has 1 amide bonds. The Morgan fingerprint density at radius 1 is 1.21 bits per heavy atom. The van der Waals surface area contributed by atoms with Crippen LogP contribution in [0.2, 0.25) is 0 Å². The van der Waals surface area contributed by atoms with Crippen molar-refractivity contribution in [1.29, 1.82) is 0 Å². The fourth-order valence-corrected chi connectivity index (χ4v) is 5.81. The number of rotatable bonds is 4. The Morgan fingerprint density at radius 2 is 2.03 bits per heavy atom. The van der Waals surface area contributed by atoms with Crippen LogP contribution >= 0.6 is 0 Å². The molecule has 176 valence electrons. The van der Waals surface area contributed by atoms with E-state index in [1.54, 1.807) is 0 Å². The fraction of sp³-hybridized carbons (Fsp3) is 0.577. The number of anilines is 1. The molecular formula is C26H35N5O2. The summed E-state index contributed by atoms with van der Waals surface area (Å²) in [7, 11) is 4.07. The summed E-state index contributed by atoms with van der Waals surface area (Å²) in [6.07, 6.45) is 4.47. The van der Waals surface area contributed by atoms with Crippen molar-refractivity contribution in [3.63, 3.8) is 0 Å². The second-order valence-corrected chi connectivity index (χ2v) is 9.78. The maximum atomic E-state index is 14.1. The van der Waals surface area contributed by atoms with E-state index in [1.165, 1.54) is 12.0 Å². The molecule has 3 aliphatic rings. The highest BCUT2D eigenvalue weighted by molar-refractivity contribution is 5.88. The second kappa shape index (κ2) is 9.03. The summed E-state index contributed by atoms with van der Waals surface area (Å²) in [4.78, 5) is 28.4. The van der Waals surface area contributed by atoms with E-state index in [0.29, 0.717) is 26.3 Å². The van der Waals surface area contributed by atoms with Gasteiger partial charge in [-0.3, -0.25) is 9.69 Å². The van der Waals surface area contributed by atoms with Gasteiger partial charge in [0.1, 0.15) is 11.6 Å². The maximum Gasteiger partial charge on any atom is 0.233 e. The topological polar surface area (TPSA) is 70.6 Å². The summed E-state index contributed by atoms with van der Waals surface area (Å²) >= 11 is 0. The lowest BCUT2D eigenvalue weighted by Gasteiger charge is -2.41. The van der Waals surface area contributed by atoms with E-state index in [2.05, 4.69) is 48.5 Å². The summed E-state index contributed by atoms with van der Waals surface area (Å²) in [6.45, 7) is 5.65. The molecule has 1 aromatic carbocycles. The third kappa shape index (κ3) is 4.02. The minimum atomic E-state index is -0.519. The lowest BCUT2D eigenvalue weighted by Crippen LogP contribution is -2.51. The van der Waals surface area contributed by atoms with Gasteiger partial charge in [0, 0.05) is 32.4 Å². The summed E-state index contributed by atoms with van der Waals surface area (Å²) in [5, 5.41) is 3.29. The highest BCUT2D eigenvalue weighted by atomic mass is 16.5. The van der Waals surface area contributed by atoms with Crippen molar-refractivity contribution >= 4 is 11.7 Å². The van der Waals surface area contributed by atoms with E-state index in [0.717, 1.165) is 60.7 Å². The molecule has 4 heterocycles. The van der Waals surface area contributed by atoms with Gasteiger partial charge in [0.15, 0.2) is 0 Å². The van der Waals surface area contributed by atoms with Gasteiger partial charge in [-0.25, -0.2) is 9.97 Å². The number of benzene rings is 1. The number of hydrogen-bond acceptors (Lipinski definition) is 6. The highest BCUT2D eigenvalue weighted by Crippen LogP contribution is 2.39. The van der Waals surface area contributed by atoms with Gasteiger partial charge in [-0.2, -0.15) is 0 Å². The molecule has 2 aromatic rings. The van der Waals surface area contributed by atoms with Gasteiger partial charge in [0.25, 0.3) is 0 Å². The number of aryl methyl sites for hydroxylation is 1. The highest BCUT2D eigenvalue weighted by Gasteiger charge is 2.45. The molecule has 1 aromatic heterocycles. The molecule has 2 saturated heterocycles. The molecule has 2 fully saturated rings. The van der Waals surface area contributed by atoms with Gasteiger partial charge >= 0.3 is 0 Å². The Hall–Kier alpha value is -2.51. The zero-order valence-corrected chi connectivity index (χ0v) is 20.1. The molecule has 1 N–H and O–H groups in total. The minimum Gasteiger partial charge on any atom is -0.381 e. The number of fused-ring (bicyclic) bond motifs is 1. The van der Waals surface area contributed by atoms with Crippen LogP contribution in [-0.4, -0.2) is 66.1 Å². The zero-order chi connectivity index (χ0) is 23.0. The summed E-state index contributed by atoms with van der Waals surface area (Å²) < 4.78 is 5.68. The first kappa shape index (κ1) is 22.3. The number of aromatic nitrogens is 2. The van der Waals surface area contributed by atoms with Crippen LogP contribution in [0.15, 0.2) is 24.3 Å². The van der Waals surface area contributed by atoms with Crippen molar-refractivity contribution in [3.8, 4) is 0 Å². The van der Waals surface area contributed by atoms with Crippen LogP contribution in [-0.2, 0) is 27.9 Å². The van der Waals surface area contributed by atoms with Gasteiger partial charge in [-0.15, -0.1) is 0 Å². The monoisotopic (exact) mass is 449 g/mol. The number of carbonyl (C=O) groups is 1. The number of ether oxygens (including phenoxy) is 1. The van der Waals surface area contributed by atoms with Crippen molar-refractivity contribution in [1.82, 2.24) is 19.8 Å². The van der Waals surface area contributed by atoms with Crippen LogP contribution in [0, 0.1) is 6.92 Å². The molecule has 33 heavy (non-hydrogen) atoms. The first-order valence-electron chi connectivity index (χ1n) is 12.2. The van der Waals surface area contributed by atoms with Gasteiger partial charge in [0.05, 0.1) is 23.7 Å². The first-order valence-corrected chi connectivity index (χ1v) is 12.2. The molecule has 0 spiro atoms. The second-order valence-electron chi connectivity index (χ2n) is 9.78. The minimum absolute atomic E-state index is 0.214. The first-order chi connectivity index (χ1) is 16.0. The van der Waals surface area contributed by atoms with E-state index < -0.39 is 5.41 Å². The normalized spacial score (nSPS) is 22.8. The smallest absolute Gasteiger partial charge is 0.233 e. The van der Waals surface area contributed by atoms with Crippen molar-refractivity contribution in [2.24, 2.45) is 0 Å². The van der Waals surface area contributed by atoms with Crippen molar-refractivity contribution in [2.45, 2.75) is 57.0 Å². The Balaban J connectivity index is 1.47. The third-order valence-corrected chi connectivity index (χ3v) is 7.75. The molecule has 1 atom stereocenters. The van der Waals surface area contributed by atoms with Crippen molar-refractivity contribution < 1.29 is 9.53 Å². The largest absolute Gasteiger partial charge is 0.381 e. The van der Waals surface area contributed by atoms with E-state index in [4.69, 9.17) is 14.7 Å². The zero-order valence-electron chi connectivity index (χ0n) is 20.1. The number of nitrogens with zero attached hydrogens (tertiary/aromatic N) is 4. The summed E-state index contributed by atoms with van der Waals surface area (Å²) in [6, 6.07) is 8.70. The van der Waals surface area contributed by atoms with E-state index in [9.17, 15) is 4.79 Å². The number of hydrogen-bond donors (Lipinski definition) is 1. The van der Waals surface area contributed by atoms with Gasteiger partial charge in [-0.1, -0.05) is 29.8 Å². The Bertz CT molecular complexity index is 1030. The van der Waals surface area contributed by atoms with Crippen LogP contribution in [0.1, 0.15) is 59.9 Å². The van der Waals surface area contributed by atoms with Crippen LogP contribution in [0.25, 0.3) is 0 Å². The van der Waals surface area contributed by atoms with E-state index >= 15 is 0 Å². The number of carbonyl (C=O) groups excluding carboxylic acids is 1. The quantitative estimate of drug-likeness (QED) is 0.773. The van der Waals surface area contributed by atoms with Gasteiger partial charge in [-0.05, 0) is 58.2 Å². The molecule has 0 unspecified atom stereocenters. The average molecular weight is 450 g/mol. The lowest BCUT2D eigenvalue weighted by atomic mass is 9.72. The molecule has 0 aliphatic carbocycles. The Labute approximate surface area is 196 Å². The predicted octanol–water partition coefficient (Wildman–Crippen LogP) is 3.23. The standard InChI is InChI=1S/C26H35N5O2/c1-18-6-4-7-19(16-18)26(10-14-33-15-11-26)25(32)31-13-9-20-21(17-31)28-24(29-23(20)27-2)22-8-5-12-30(22)3/h4,6-7,16,22H,5,8-15,17H2,1-3H3,(H,27,28,29)/t22-/m0/s1. The molecule has 0 bridgehead atoms. The van der Waals surface area contributed by atoms with Gasteiger partial charge in [0.2, 0.25) is 5.91 Å². The molecule has 0 saturated carbocycles. The van der Waals surface area contributed by atoms with Crippen molar-refractivity contribution in [2.75, 3.05) is 45.7 Å². The van der Waals surface area contributed by atoms with Crippen LogP contribution in [0.3, 0.4) is 0 Å². The molecular weight excluding hydrogens is 414 g/mol. The number of amides is 1. The molecule has 7 heteroatoms. The molecule has 0 radical (unpaired) electrons. The van der Waals surface area contributed by atoms with E-state index in [1.807, 2.05) is 11.9 Å². The molecule has 5 rings (SSSR count). The van der Waals surface area contributed by atoms with E-state index in [-0.39, 0.29) is 11.9 Å². The lowest BCUT2D eigenvalue weighted by molar-refractivity contribution is -0.142. The third-order valence-electron chi connectivity index (χ3n) is 7.75. The van der Waals surface area contributed by atoms with Gasteiger partial charge < -0.3 is 15.0 Å². The SMILES string of the molecule is CNc1nc([C@@H]2CCCN2C)nc2c1CCN(C(=O)C1(c3cccc(C)c3)CCOCC1)C2. The molecule has 7 nitrogen and oxygen atoms in total. The van der Waals surface area contributed by atoms with Crippen LogP contribution < -0.4 is 5.32 Å². The fourth-order valence-electron chi connectivity index (χ4n) is 5.81. The number of nitrogens with one attached hydrogen (secondary N) is 1. The molecule has 3 aliphatic heterocycles. The number of likely N-dealkylation sites (tertiary alicyclic amines) is 1. The summed E-state index contributed by atoms with van der Waals surface area (Å²) in [5.74, 6) is 2.01. The van der Waals surface area contributed by atoms with Crippen LogP contribution in [0.5, 0.6) is 0 Å². The maximum absolute atomic E-state index is 14.1. The summed E-state index contributed by atoms with van der Waals surface area (Å²) in [5.41, 5.74) is 3.94.